The highest BCUT2D eigenvalue weighted by molar-refractivity contribution is 5.46. The van der Waals surface area contributed by atoms with E-state index in [0.29, 0.717) is 12.5 Å². The Morgan fingerprint density at radius 1 is 1.78 bits per heavy atom. The van der Waals surface area contributed by atoms with Crippen LogP contribution in [0.4, 0.5) is 0 Å². The molecular weight excluding hydrogens is 114 g/mol. The first-order valence-corrected chi connectivity index (χ1v) is 3.51. The van der Waals surface area contributed by atoms with E-state index < -0.39 is 0 Å². The van der Waals surface area contributed by atoms with Gasteiger partial charge in [-0.05, 0) is 0 Å². The van der Waals surface area contributed by atoms with Crippen molar-refractivity contribution in [1.29, 1.82) is 0 Å². The van der Waals surface area contributed by atoms with Gasteiger partial charge in [0.25, 0.3) is 0 Å². The molecule has 0 amide bonds. The molecule has 0 aromatic carbocycles. The van der Waals surface area contributed by atoms with Crippen LogP contribution in [0.25, 0.3) is 0 Å². The van der Waals surface area contributed by atoms with E-state index >= 15 is 0 Å². The molecule has 0 aromatic rings. The zero-order valence-corrected chi connectivity index (χ0v) is 5.88. The molecule has 52 valence electrons. The molecule has 1 atom stereocenters. The van der Waals surface area contributed by atoms with Crippen LogP contribution in [0.1, 0.15) is 13.3 Å². The molecule has 1 aliphatic rings. The van der Waals surface area contributed by atoms with E-state index in [2.05, 4.69) is 10.8 Å². The third-order valence-corrected chi connectivity index (χ3v) is 1.94. The maximum absolute atomic E-state index is 8.74. The van der Waals surface area contributed by atoms with Gasteiger partial charge in [0.2, 0.25) is 0 Å². The van der Waals surface area contributed by atoms with Crippen LogP contribution in [0.2, 0.25) is 0 Å². The van der Waals surface area contributed by atoms with Crippen LogP contribution in [0, 0.1) is 5.92 Å². The molecule has 0 aromatic heterocycles. The van der Waals surface area contributed by atoms with Crippen molar-refractivity contribution in [2.75, 3.05) is 19.7 Å². The Kier molecular flexibility index (Phi) is 2.22. The molecule has 1 unspecified atom stereocenters. The quantitative estimate of drug-likeness (QED) is 0.497. The molecule has 1 aliphatic heterocycles. The molecule has 1 rings (SSSR count). The lowest BCUT2D eigenvalue weighted by atomic mass is 10.1. The second-order valence-corrected chi connectivity index (χ2v) is 2.59. The van der Waals surface area contributed by atoms with Crippen LogP contribution >= 0.6 is 0 Å². The molecule has 2 nitrogen and oxygen atoms in total. The summed E-state index contributed by atoms with van der Waals surface area (Å²) < 4.78 is 2.25. The highest BCUT2D eigenvalue weighted by atomic mass is 16.3. The third-order valence-electron chi connectivity index (χ3n) is 1.94. The van der Waals surface area contributed by atoms with Crippen molar-refractivity contribution in [3.05, 3.63) is 0 Å². The van der Waals surface area contributed by atoms with Gasteiger partial charge in [0.15, 0.2) is 0 Å². The molecule has 0 saturated carbocycles. The van der Waals surface area contributed by atoms with E-state index in [4.69, 9.17) is 5.11 Å². The van der Waals surface area contributed by atoms with E-state index in [1.807, 2.05) is 6.92 Å². The number of rotatable bonds is 1. The molecule has 1 saturated heterocycles. The Morgan fingerprint density at radius 2 is 2.56 bits per heavy atom. The maximum atomic E-state index is 8.74. The van der Waals surface area contributed by atoms with E-state index in [-0.39, 0.29) is 0 Å². The fraction of sp³-hybridized carbons (Fsp3) is 0.857. The molecule has 0 spiro atoms. The summed E-state index contributed by atoms with van der Waals surface area (Å²) >= 11 is 0. The smallest absolute Gasteiger partial charge is 0.147 e. The number of nitrogens with zero attached hydrogens (tertiary/aromatic N) is 1. The van der Waals surface area contributed by atoms with Crippen LogP contribution in [0.15, 0.2) is 0 Å². The first-order chi connectivity index (χ1) is 4.36. The molecular formula is C7H14NO+. The van der Waals surface area contributed by atoms with Gasteiger partial charge in [-0.25, -0.2) is 4.58 Å². The monoisotopic (exact) mass is 128 g/mol. The van der Waals surface area contributed by atoms with Gasteiger partial charge in [0, 0.05) is 19.3 Å². The molecule has 1 N–H and O–H groups in total. The van der Waals surface area contributed by atoms with Crippen molar-refractivity contribution < 1.29 is 9.68 Å². The van der Waals surface area contributed by atoms with Gasteiger partial charge in [-0.2, -0.15) is 0 Å². The van der Waals surface area contributed by atoms with E-state index in [1.54, 1.807) is 0 Å². The zero-order valence-electron chi connectivity index (χ0n) is 5.88. The summed E-state index contributed by atoms with van der Waals surface area (Å²) in [5, 5.41) is 8.74. The van der Waals surface area contributed by atoms with Crippen LogP contribution in [0.3, 0.4) is 0 Å². The molecule has 0 radical (unpaired) electrons. The van der Waals surface area contributed by atoms with Crippen molar-refractivity contribution in [2.45, 2.75) is 13.3 Å². The van der Waals surface area contributed by atoms with Gasteiger partial charge in [-0.1, -0.05) is 0 Å². The van der Waals surface area contributed by atoms with Gasteiger partial charge in [0.05, 0.1) is 6.61 Å². The number of aliphatic hydroxyl groups excluding tert-OH is 1. The lowest BCUT2D eigenvalue weighted by Crippen LogP contribution is -2.10. The van der Waals surface area contributed by atoms with Crippen LogP contribution in [-0.2, 0) is 0 Å². The fourth-order valence-corrected chi connectivity index (χ4v) is 1.25. The summed E-state index contributed by atoms with van der Waals surface area (Å²) in [7, 11) is 0. The fourth-order valence-electron chi connectivity index (χ4n) is 1.25. The van der Waals surface area contributed by atoms with Crippen molar-refractivity contribution in [1.82, 2.24) is 0 Å². The molecule has 1 heterocycles. The summed E-state index contributed by atoms with van der Waals surface area (Å²) in [6.07, 6.45) is 3.25. The molecule has 0 aliphatic carbocycles. The van der Waals surface area contributed by atoms with Gasteiger partial charge < -0.3 is 5.11 Å². The number of aliphatic hydroxyl groups is 1. The third kappa shape index (κ3) is 1.52. The minimum absolute atomic E-state index is 0.352. The molecule has 2 heteroatoms. The topological polar surface area (TPSA) is 23.2 Å². The zero-order chi connectivity index (χ0) is 6.69. The van der Waals surface area contributed by atoms with Gasteiger partial charge in [-0.3, -0.25) is 0 Å². The number of hydrogen-bond donors (Lipinski definition) is 1. The Morgan fingerprint density at radius 3 is 2.89 bits per heavy atom. The van der Waals surface area contributed by atoms with Crippen LogP contribution in [-0.4, -0.2) is 35.6 Å². The predicted octanol–water partition coefficient (Wildman–Crippen LogP) is 0.102. The Balaban J connectivity index is 2.38. The average molecular weight is 128 g/mol. The van der Waals surface area contributed by atoms with E-state index in [1.165, 1.54) is 0 Å². The number of hydrogen-bond acceptors (Lipinski definition) is 1. The lowest BCUT2D eigenvalue weighted by Gasteiger charge is -1.94. The highest BCUT2D eigenvalue weighted by Gasteiger charge is 2.22. The highest BCUT2D eigenvalue weighted by Crippen LogP contribution is 2.09. The van der Waals surface area contributed by atoms with Crippen LogP contribution in [0.5, 0.6) is 0 Å². The Labute approximate surface area is 55.8 Å². The summed E-state index contributed by atoms with van der Waals surface area (Å²) in [5.41, 5.74) is 0. The molecule has 9 heavy (non-hydrogen) atoms. The summed E-state index contributed by atoms with van der Waals surface area (Å²) in [5.74, 6) is 0.529. The Bertz CT molecular complexity index is 120. The summed E-state index contributed by atoms with van der Waals surface area (Å²) in [6, 6.07) is 0. The minimum Gasteiger partial charge on any atom is -0.396 e. The van der Waals surface area contributed by atoms with E-state index in [0.717, 1.165) is 19.5 Å². The van der Waals surface area contributed by atoms with Crippen molar-refractivity contribution >= 4 is 6.21 Å². The SMILES string of the molecule is C/C=[N+]1/CCC(CO)C1. The summed E-state index contributed by atoms with van der Waals surface area (Å²) in [6.45, 7) is 4.57. The molecule has 0 bridgehead atoms. The van der Waals surface area contributed by atoms with Gasteiger partial charge in [0.1, 0.15) is 19.3 Å². The van der Waals surface area contributed by atoms with Crippen molar-refractivity contribution in [3.63, 3.8) is 0 Å². The average Bonchev–Trinajstić information content (AvgIpc) is 2.34. The molecule has 1 fully saturated rings. The first kappa shape index (κ1) is 6.75. The van der Waals surface area contributed by atoms with Crippen molar-refractivity contribution in [2.24, 2.45) is 5.92 Å². The van der Waals surface area contributed by atoms with E-state index in [9.17, 15) is 0 Å². The minimum atomic E-state index is 0.352. The van der Waals surface area contributed by atoms with Gasteiger partial charge >= 0.3 is 0 Å². The van der Waals surface area contributed by atoms with Crippen molar-refractivity contribution in [3.8, 4) is 0 Å². The maximum Gasteiger partial charge on any atom is 0.147 e. The summed E-state index contributed by atoms with van der Waals surface area (Å²) in [4.78, 5) is 0. The second kappa shape index (κ2) is 2.97. The largest absolute Gasteiger partial charge is 0.396 e. The first-order valence-electron chi connectivity index (χ1n) is 3.51. The van der Waals surface area contributed by atoms with Gasteiger partial charge in [-0.15, -0.1) is 0 Å². The standard InChI is InChI=1S/C7H14NO/c1-2-8-4-3-7(5-8)6-9/h2,7,9H,3-6H2,1H3/q+1/b8-2-. The predicted molar refractivity (Wildman–Crippen MR) is 36.9 cm³/mol. The van der Waals surface area contributed by atoms with Crippen LogP contribution < -0.4 is 0 Å². The second-order valence-electron chi connectivity index (χ2n) is 2.59. The lowest BCUT2D eigenvalue weighted by molar-refractivity contribution is -0.504. The normalized spacial score (nSPS) is 31.8. The Hall–Kier alpha value is -0.370.